The number of thiazole rings is 1. The molecule has 8 nitrogen and oxygen atoms in total. The molecule has 1 fully saturated rings. The molecule has 1 aliphatic rings. The lowest BCUT2D eigenvalue weighted by molar-refractivity contribution is 0.189. The van der Waals surface area contributed by atoms with Gasteiger partial charge in [-0.05, 0) is 6.42 Å². The van der Waals surface area contributed by atoms with Crippen molar-refractivity contribution >= 4 is 32.1 Å². The van der Waals surface area contributed by atoms with Crippen molar-refractivity contribution in [2.45, 2.75) is 17.6 Å². The Balaban J connectivity index is 2.14. The van der Waals surface area contributed by atoms with Crippen LogP contribution in [0, 0.1) is 0 Å². The Labute approximate surface area is 113 Å². The zero-order valence-electron chi connectivity index (χ0n) is 9.85. The van der Waals surface area contributed by atoms with Crippen molar-refractivity contribution in [2.75, 3.05) is 18.5 Å². The molecule has 0 spiro atoms. The second-order valence-electron chi connectivity index (χ2n) is 4.27. The predicted octanol–water partition coefficient (Wildman–Crippen LogP) is -0.563. The van der Waals surface area contributed by atoms with Crippen molar-refractivity contribution in [3.8, 4) is 0 Å². The van der Waals surface area contributed by atoms with E-state index in [0.717, 1.165) is 0 Å². The van der Waals surface area contributed by atoms with E-state index in [-0.39, 0.29) is 17.4 Å². The monoisotopic (exact) mass is 303 g/mol. The smallest absolute Gasteiger partial charge is 0.263 e. The number of hydrazine groups is 1. The van der Waals surface area contributed by atoms with Crippen LogP contribution in [0.2, 0.25) is 0 Å². The number of rotatable bonds is 3. The molecule has 10 heteroatoms. The Kier molecular flexibility index (Phi) is 2.98. The number of aliphatic hydroxyl groups excluding tert-OH is 1. The molecular weight excluding hydrogens is 290 g/mol. The lowest BCUT2D eigenvalue weighted by Gasteiger charge is -2.15. The number of aromatic nitrogens is 2. The molecule has 3 heterocycles. The summed E-state index contributed by atoms with van der Waals surface area (Å²) in [4.78, 5) is 4.67. The second kappa shape index (κ2) is 4.42. The highest BCUT2D eigenvalue weighted by atomic mass is 32.2. The fourth-order valence-electron chi connectivity index (χ4n) is 2.16. The summed E-state index contributed by atoms with van der Waals surface area (Å²) in [7, 11) is -3.73. The zero-order chi connectivity index (χ0) is 13.6. The maximum atomic E-state index is 12.6. The van der Waals surface area contributed by atoms with Crippen LogP contribution in [0.1, 0.15) is 6.42 Å². The van der Waals surface area contributed by atoms with E-state index in [9.17, 15) is 13.5 Å². The van der Waals surface area contributed by atoms with Gasteiger partial charge in [-0.25, -0.2) is 14.3 Å². The number of nitrogens with zero attached hydrogens (tertiary/aromatic N) is 3. The molecule has 2 aromatic rings. The Bertz CT molecular complexity index is 707. The maximum absolute atomic E-state index is 12.6. The van der Waals surface area contributed by atoms with Gasteiger partial charge >= 0.3 is 0 Å². The van der Waals surface area contributed by atoms with E-state index in [2.05, 4.69) is 10.4 Å². The van der Waals surface area contributed by atoms with E-state index in [1.54, 1.807) is 11.6 Å². The van der Waals surface area contributed by atoms with Crippen molar-refractivity contribution in [2.24, 2.45) is 5.84 Å². The van der Waals surface area contributed by atoms with Crippen LogP contribution < -0.4 is 11.3 Å². The van der Waals surface area contributed by atoms with Gasteiger partial charge in [-0.2, -0.15) is 9.29 Å². The molecule has 104 valence electrons. The lowest BCUT2D eigenvalue weighted by atomic mass is 10.3. The molecule has 2 aromatic heterocycles. The van der Waals surface area contributed by atoms with E-state index < -0.39 is 16.1 Å². The normalized spacial score (nSPS) is 21.3. The molecule has 1 atom stereocenters. The number of fused-ring (bicyclic) bond motifs is 1. The topological polar surface area (TPSA) is 113 Å². The van der Waals surface area contributed by atoms with Crippen LogP contribution >= 0.6 is 11.3 Å². The molecule has 0 aliphatic carbocycles. The van der Waals surface area contributed by atoms with Crippen LogP contribution in [-0.4, -0.2) is 46.4 Å². The molecule has 3 rings (SSSR count). The third kappa shape index (κ3) is 1.92. The third-order valence-corrected chi connectivity index (χ3v) is 5.71. The highest BCUT2D eigenvalue weighted by Crippen LogP contribution is 2.29. The van der Waals surface area contributed by atoms with Crippen molar-refractivity contribution in [1.29, 1.82) is 0 Å². The van der Waals surface area contributed by atoms with Crippen molar-refractivity contribution in [3.05, 3.63) is 11.6 Å². The number of nitrogens with two attached hydrogens (primary N) is 1. The molecule has 0 radical (unpaired) electrons. The van der Waals surface area contributed by atoms with Gasteiger partial charge in [0.1, 0.15) is 0 Å². The van der Waals surface area contributed by atoms with Gasteiger partial charge < -0.3 is 10.5 Å². The van der Waals surface area contributed by atoms with Gasteiger partial charge in [0.25, 0.3) is 10.0 Å². The molecule has 0 saturated carbocycles. The van der Waals surface area contributed by atoms with Crippen LogP contribution in [0.3, 0.4) is 0 Å². The van der Waals surface area contributed by atoms with Crippen LogP contribution in [0.25, 0.3) is 4.96 Å². The largest absolute Gasteiger partial charge is 0.392 e. The highest BCUT2D eigenvalue weighted by Gasteiger charge is 2.36. The minimum atomic E-state index is -3.73. The first-order valence-electron chi connectivity index (χ1n) is 5.64. The number of imidazole rings is 1. The van der Waals surface area contributed by atoms with E-state index in [1.165, 1.54) is 20.0 Å². The fraction of sp³-hybridized carbons (Fsp3) is 0.444. The van der Waals surface area contributed by atoms with Gasteiger partial charge in [-0.1, -0.05) is 0 Å². The molecular formula is C9H13N5O3S2. The fourth-order valence-corrected chi connectivity index (χ4v) is 4.63. The van der Waals surface area contributed by atoms with Gasteiger partial charge in [0.15, 0.2) is 10.8 Å². The summed E-state index contributed by atoms with van der Waals surface area (Å²) in [5, 5.41) is 11.3. The van der Waals surface area contributed by atoms with Crippen molar-refractivity contribution in [1.82, 2.24) is 13.7 Å². The second-order valence-corrected chi connectivity index (χ2v) is 7.00. The summed E-state index contributed by atoms with van der Waals surface area (Å²) >= 11 is 1.32. The number of hydrogen-bond acceptors (Lipinski definition) is 7. The van der Waals surface area contributed by atoms with Crippen molar-refractivity contribution < 1.29 is 13.5 Å². The summed E-state index contributed by atoms with van der Waals surface area (Å²) < 4.78 is 27.9. The Morgan fingerprint density at radius 2 is 2.37 bits per heavy atom. The highest BCUT2D eigenvalue weighted by molar-refractivity contribution is 7.89. The van der Waals surface area contributed by atoms with Gasteiger partial charge in [0.2, 0.25) is 5.03 Å². The Morgan fingerprint density at radius 3 is 3.00 bits per heavy atom. The van der Waals surface area contributed by atoms with E-state index >= 15 is 0 Å². The standard InChI is InChI=1S/C9H13N5O3S2/c10-12-7-8(14-3-4-18-9(14)11-7)19(16,17)13-2-1-6(15)5-13/h3-4,6,12,15H,1-2,5,10H2. The molecule has 0 amide bonds. The molecule has 0 aromatic carbocycles. The number of nitrogen functional groups attached to an aromatic ring is 1. The summed E-state index contributed by atoms with van der Waals surface area (Å²) in [6.45, 7) is 0.397. The first kappa shape index (κ1) is 12.8. The lowest BCUT2D eigenvalue weighted by Crippen LogP contribution is -2.31. The van der Waals surface area contributed by atoms with E-state index in [4.69, 9.17) is 5.84 Å². The number of anilines is 1. The van der Waals surface area contributed by atoms with E-state index in [1.807, 2.05) is 0 Å². The number of aliphatic hydroxyl groups is 1. The number of β-amino-alcohol motifs (C(OH)–C–C–N with tert-alkyl or cyclic N) is 1. The molecule has 0 bridgehead atoms. The summed E-state index contributed by atoms with van der Waals surface area (Å²) in [5.41, 5.74) is 2.32. The van der Waals surface area contributed by atoms with Crippen LogP contribution in [0.5, 0.6) is 0 Å². The van der Waals surface area contributed by atoms with Crippen molar-refractivity contribution in [3.63, 3.8) is 0 Å². The third-order valence-electron chi connectivity index (χ3n) is 3.07. The van der Waals surface area contributed by atoms with Gasteiger partial charge in [-0.15, -0.1) is 11.3 Å². The minimum absolute atomic E-state index is 0.0142. The molecule has 4 N–H and O–H groups in total. The van der Waals surface area contributed by atoms with E-state index in [0.29, 0.717) is 17.9 Å². The van der Waals surface area contributed by atoms with Gasteiger partial charge in [0, 0.05) is 24.7 Å². The molecule has 1 unspecified atom stereocenters. The van der Waals surface area contributed by atoms with Crippen LogP contribution in [0.15, 0.2) is 16.6 Å². The number of hydrogen-bond donors (Lipinski definition) is 3. The van der Waals surface area contributed by atoms with Gasteiger partial charge in [0.05, 0.1) is 6.10 Å². The maximum Gasteiger partial charge on any atom is 0.263 e. The Morgan fingerprint density at radius 1 is 1.58 bits per heavy atom. The summed E-state index contributed by atoms with van der Waals surface area (Å²) in [5.74, 6) is 5.46. The van der Waals surface area contributed by atoms with Crippen LogP contribution in [-0.2, 0) is 10.0 Å². The summed E-state index contributed by atoms with van der Waals surface area (Å²) in [6, 6.07) is 0. The first-order valence-corrected chi connectivity index (χ1v) is 7.96. The quantitative estimate of drug-likeness (QED) is 0.517. The summed E-state index contributed by atoms with van der Waals surface area (Å²) in [6.07, 6.45) is 1.46. The predicted molar refractivity (Wildman–Crippen MR) is 70.3 cm³/mol. The van der Waals surface area contributed by atoms with Crippen LogP contribution in [0.4, 0.5) is 5.82 Å². The van der Waals surface area contributed by atoms with Gasteiger partial charge in [-0.3, -0.25) is 4.40 Å². The molecule has 1 saturated heterocycles. The zero-order valence-corrected chi connectivity index (χ0v) is 11.5. The molecule has 1 aliphatic heterocycles. The SMILES string of the molecule is NNc1nc2sccn2c1S(=O)(=O)N1CCC(O)C1. The minimum Gasteiger partial charge on any atom is -0.392 e. The first-order chi connectivity index (χ1) is 9.04. The number of nitrogens with one attached hydrogen (secondary N) is 1. The molecule has 19 heavy (non-hydrogen) atoms. The average Bonchev–Trinajstić information content (AvgIpc) is 3.01. The number of sulfonamides is 1. The average molecular weight is 303 g/mol. The Hall–Kier alpha value is -1.20.